The Morgan fingerprint density at radius 3 is 2.00 bits per heavy atom. The second kappa shape index (κ2) is 8.39. The van der Waals surface area contributed by atoms with Crippen molar-refractivity contribution >= 4 is 29.3 Å². The molecule has 2 aromatic carbocycles. The van der Waals surface area contributed by atoms with Crippen molar-refractivity contribution in [1.29, 1.82) is 0 Å². The molecule has 6 nitrogen and oxygen atoms in total. The summed E-state index contributed by atoms with van der Waals surface area (Å²) in [5.41, 5.74) is 3.14. The molecule has 1 aliphatic rings. The highest BCUT2D eigenvalue weighted by molar-refractivity contribution is 6.05. The van der Waals surface area contributed by atoms with Crippen LogP contribution in [0.1, 0.15) is 38.8 Å². The summed E-state index contributed by atoms with van der Waals surface area (Å²) < 4.78 is 11.1. The molecule has 1 heterocycles. The highest BCUT2D eigenvalue weighted by Gasteiger charge is 2.17. The first-order chi connectivity index (χ1) is 13.7. The first kappa shape index (κ1) is 20.5. The van der Waals surface area contributed by atoms with Crippen molar-refractivity contribution in [1.82, 2.24) is 0 Å². The Balaban J connectivity index is 1.75. The van der Waals surface area contributed by atoms with Gasteiger partial charge < -0.3 is 20.1 Å². The molecular formula is C23H26N2O4. The Morgan fingerprint density at radius 2 is 1.48 bits per heavy atom. The average Bonchev–Trinajstić information content (AvgIpc) is 2.66. The number of hydrogen-bond donors (Lipinski definition) is 2. The van der Waals surface area contributed by atoms with Gasteiger partial charge in [-0.3, -0.25) is 9.59 Å². The fourth-order valence-electron chi connectivity index (χ4n) is 2.93. The molecule has 0 saturated carbocycles. The number of amides is 2. The maximum Gasteiger partial charge on any atom is 0.248 e. The van der Waals surface area contributed by atoms with E-state index in [1.807, 2.05) is 12.1 Å². The minimum Gasteiger partial charge on any atom is -0.486 e. The fourth-order valence-corrected chi connectivity index (χ4v) is 2.93. The van der Waals surface area contributed by atoms with Gasteiger partial charge in [-0.15, -0.1) is 0 Å². The highest BCUT2D eigenvalue weighted by atomic mass is 16.6. The summed E-state index contributed by atoms with van der Waals surface area (Å²) in [6.07, 6.45) is 3.21. The molecule has 2 amide bonds. The lowest BCUT2D eigenvalue weighted by Crippen LogP contribution is -2.18. The second-order valence-corrected chi connectivity index (χ2v) is 7.92. The highest BCUT2D eigenvalue weighted by Crippen LogP contribution is 2.38. The van der Waals surface area contributed by atoms with E-state index in [1.165, 1.54) is 18.6 Å². The van der Waals surface area contributed by atoms with E-state index in [2.05, 4.69) is 43.5 Å². The van der Waals surface area contributed by atoms with Crippen LogP contribution in [0.25, 0.3) is 6.08 Å². The van der Waals surface area contributed by atoms with Crippen molar-refractivity contribution in [3.8, 4) is 11.5 Å². The standard InChI is InChI=1S/C23H26N2O4/c1-15(26)24-18-13-20-21(29-12-11-28-20)14-19(18)25-22(27)10-7-16-5-8-17(9-6-16)23(2,3)4/h5-10,13-14H,11-12H2,1-4H3,(H,24,26)(H,25,27). The van der Waals surface area contributed by atoms with Gasteiger partial charge in [-0.05, 0) is 22.6 Å². The van der Waals surface area contributed by atoms with Gasteiger partial charge >= 0.3 is 0 Å². The van der Waals surface area contributed by atoms with E-state index in [9.17, 15) is 9.59 Å². The lowest BCUT2D eigenvalue weighted by Gasteiger charge is -2.21. The van der Waals surface area contributed by atoms with Crippen LogP contribution in [0.4, 0.5) is 11.4 Å². The lowest BCUT2D eigenvalue weighted by atomic mass is 9.87. The molecule has 29 heavy (non-hydrogen) atoms. The molecule has 3 rings (SSSR count). The van der Waals surface area contributed by atoms with E-state index in [4.69, 9.17) is 9.47 Å². The van der Waals surface area contributed by atoms with Gasteiger partial charge in [-0.2, -0.15) is 0 Å². The van der Waals surface area contributed by atoms with Gasteiger partial charge in [-0.25, -0.2) is 0 Å². The molecule has 0 fully saturated rings. The number of rotatable bonds is 4. The summed E-state index contributed by atoms with van der Waals surface area (Å²) in [6, 6.07) is 11.4. The Bertz CT molecular complexity index is 941. The van der Waals surface area contributed by atoms with Crippen molar-refractivity contribution in [2.45, 2.75) is 33.1 Å². The SMILES string of the molecule is CC(=O)Nc1cc2c(cc1NC(=O)C=Cc1ccc(C(C)(C)C)cc1)OCCO2. The number of carbonyl (C=O) groups excluding carboxylic acids is 2. The van der Waals surface area contributed by atoms with Crippen LogP contribution in [0.15, 0.2) is 42.5 Å². The van der Waals surface area contributed by atoms with Crippen LogP contribution in [0.5, 0.6) is 11.5 Å². The molecule has 0 radical (unpaired) electrons. The number of anilines is 2. The molecule has 0 aromatic heterocycles. The zero-order valence-corrected chi connectivity index (χ0v) is 17.2. The molecule has 1 aliphatic heterocycles. The van der Waals surface area contributed by atoms with Gasteiger partial charge in [0, 0.05) is 25.1 Å². The Labute approximate surface area is 170 Å². The van der Waals surface area contributed by atoms with Gasteiger partial charge in [0.1, 0.15) is 13.2 Å². The van der Waals surface area contributed by atoms with Crippen LogP contribution in [0, 0.1) is 0 Å². The predicted molar refractivity (Wildman–Crippen MR) is 115 cm³/mol. The largest absolute Gasteiger partial charge is 0.486 e. The van der Waals surface area contributed by atoms with Crippen LogP contribution < -0.4 is 20.1 Å². The van der Waals surface area contributed by atoms with Gasteiger partial charge in [0.15, 0.2) is 11.5 Å². The van der Waals surface area contributed by atoms with Crippen molar-refractivity contribution in [3.63, 3.8) is 0 Å². The molecule has 152 valence electrons. The summed E-state index contributed by atoms with van der Waals surface area (Å²) in [7, 11) is 0. The maximum atomic E-state index is 12.4. The van der Waals surface area contributed by atoms with E-state index in [0.717, 1.165) is 5.56 Å². The molecule has 0 aliphatic carbocycles. The number of carbonyl (C=O) groups is 2. The first-order valence-corrected chi connectivity index (χ1v) is 9.53. The van der Waals surface area contributed by atoms with Gasteiger partial charge in [0.25, 0.3) is 0 Å². The predicted octanol–water partition coefficient (Wildman–Crippen LogP) is 4.37. The Kier molecular flexibility index (Phi) is 5.92. The van der Waals surface area contributed by atoms with Crippen LogP contribution in [-0.4, -0.2) is 25.0 Å². The molecule has 0 spiro atoms. The summed E-state index contributed by atoms with van der Waals surface area (Å²) in [4.78, 5) is 24.0. The number of hydrogen-bond acceptors (Lipinski definition) is 4. The summed E-state index contributed by atoms with van der Waals surface area (Å²) >= 11 is 0. The zero-order valence-electron chi connectivity index (χ0n) is 17.2. The minimum atomic E-state index is -0.312. The van der Waals surface area contributed by atoms with Crippen LogP contribution in [-0.2, 0) is 15.0 Å². The third kappa shape index (κ3) is 5.38. The van der Waals surface area contributed by atoms with Gasteiger partial charge in [-0.1, -0.05) is 45.0 Å². The molecule has 0 unspecified atom stereocenters. The topological polar surface area (TPSA) is 76.7 Å². The van der Waals surface area contributed by atoms with Crippen LogP contribution in [0.3, 0.4) is 0 Å². The number of ether oxygens (including phenoxy) is 2. The van der Waals surface area contributed by atoms with Crippen LogP contribution in [0.2, 0.25) is 0 Å². The monoisotopic (exact) mass is 394 g/mol. The summed E-state index contributed by atoms with van der Waals surface area (Å²) in [5.74, 6) is 0.509. The molecule has 2 N–H and O–H groups in total. The molecule has 6 heteroatoms. The third-order valence-electron chi connectivity index (χ3n) is 4.45. The normalized spacial score (nSPS) is 13.2. The molecule has 0 atom stereocenters. The smallest absolute Gasteiger partial charge is 0.248 e. The average molecular weight is 394 g/mol. The summed E-state index contributed by atoms with van der Waals surface area (Å²) in [6.45, 7) is 8.75. The van der Waals surface area contributed by atoms with Crippen molar-refractivity contribution in [2.75, 3.05) is 23.8 Å². The number of fused-ring (bicyclic) bond motifs is 1. The lowest BCUT2D eigenvalue weighted by molar-refractivity contribution is -0.114. The van der Waals surface area contributed by atoms with E-state index < -0.39 is 0 Å². The van der Waals surface area contributed by atoms with Crippen molar-refractivity contribution in [3.05, 3.63) is 53.6 Å². The fraction of sp³-hybridized carbons (Fsp3) is 0.304. The Hall–Kier alpha value is -3.28. The quantitative estimate of drug-likeness (QED) is 0.755. The first-order valence-electron chi connectivity index (χ1n) is 9.53. The maximum absolute atomic E-state index is 12.4. The third-order valence-corrected chi connectivity index (χ3v) is 4.45. The number of benzene rings is 2. The second-order valence-electron chi connectivity index (χ2n) is 7.92. The molecule has 2 aromatic rings. The van der Waals surface area contributed by atoms with Gasteiger partial charge in [0.2, 0.25) is 11.8 Å². The van der Waals surface area contributed by atoms with Crippen molar-refractivity contribution < 1.29 is 19.1 Å². The molecular weight excluding hydrogens is 368 g/mol. The summed E-state index contributed by atoms with van der Waals surface area (Å²) in [5, 5.41) is 5.51. The van der Waals surface area contributed by atoms with E-state index >= 15 is 0 Å². The van der Waals surface area contributed by atoms with E-state index in [0.29, 0.717) is 36.1 Å². The minimum absolute atomic E-state index is 0.0813. The molecule has 0 bridgehead atoms. The number of nitrogens with one attached hydrogen (secondary N) is 2. The van der Waals surface area contributed by atoms with Crippen LogP contribution >= 0.6 is 0 Å². The van der Waals surface area contributed by atoms with Gasteiger partial charge in [0.05, 0.1) is 11.4 Å². The molecule has 0 saturated heterocycles. The van der Waals surface area contributed by atoms with E-state index in [1.54, 1.807) is 18.2 Å². The van der Waals surface area contributed by atoms with E-state index in [-0.39, 0.29) is 17.2 Å². The van der Waals surface area contributed by atoms with Crippen molar-refractivity contribution in [2.24, 2.45) is 0 Å². The Morgan fingerprint density at radius 1 is 0.931 bits per heavy atom. The zero-order chi connectivity index (χ0) is 21.0.